The van der Waals surface area contributed by atoms with Crippen LogP contribution in [-0.4, -0.2) is 30.4 Å². The van der Waals surface area contributed by atoms with E-state index in [0.29, 0.717) is 19.0 Å². The Kier molecular flexibility index (Phi) is 4.08. The Morgan fingerprint density at radius 2 is 2.00 bits per heavy atom. The second-order valence-corrected chi connectivity index (χ2v) is 5.78. The Labute approximate surface area is 124 Å². The maximum Gasteiger partial charge on any atom is 0.242 e. The van der Waals surface area contributed by atoms with E-state index in [1.807, 2.05) is 18.2 Å². The van der Waals surface area contributed by atoms with Crippen LogP contribution in [0.25, 0.3) is 0 Å². The van der Waals surface area contributed by atoms with Crippen molar-refractivity contribution in [1.82, 2.24) is 10.6 Å². The molecule has 1 aliphatic carbocycles. The third-order valence-electron chi connectivity index (χ3n) is 3.96. The molecule has 21 heavy (non-hydrogen) atoms. The van der Waals surface area contributed by atoms with Crippen LogP contribution in [0.15, 0.2) is 24.3 Å². The molecule has 0 saturated heterocycles. The number of amides is 2. The van der Waals surface area contributed by atoms with Gasteiger partial charge in [-0.25, -0.2) is 0 Å². The van der Waals surface area contributed by atoms with Gasteiger partial charge in [0.05, 0.1) is 0 Å². The summed E-state index contributed by atoms with van der Waals surface area (Å²) in [4.78, 5) is 23.7. The Balaban J connectivity index is 1.42. The van der Waals surface area contributed by atoms with E-state index in [9.17, 15) is 9.59 Å². The van der Waals surface area contributed by atoms with Crippen molar-refractivity contribution in [2.45, 2.75) is 44.2 Å². The summed E-state index contributed by atoms with van der Waals surface area (Å²) in [6, 6.07) is 8.24. The van der Waals surface area contributed by atoms with Gasteiger partial charge in [0.1, 0.15) is 6.04 Å². The lowest BCUT2D eigenvalue weighted by Gasteiger charge is -2.26. The van der Waals surface area contributed by atoms with E-state index in [0.717, 1.165) is 31.4 Å². The maximum atomic E-state index is 12.1. The number of hydrogen-bond donors (Lipinski definition) is 3. The number of para-hydroxylation sites is 1. The van der Waals surface area contributed by atoms with Gasteiger partial charge in [-0.1, -0.05) is 18.2 Å². The molecule has 1 heterocycles. The van der Waals surface area contributed by atoms with Crippen LogP contribution >= 0.6 is 0 Å². The Morgan fingerprint density at radius 3 is 2.81 bits per heavy atom. The van der Waals surface area contributed by atoms with E-state index in [1.165, 1.54) is 5.56 Å². The highest BCUT2D eigenvalue weighted by atomic mass is 16.2. The lowest BCUT2D eigenvalue weighted by Crippen LogP contribution is -2.43. The average molecular weight is 287 g/mol. The molecular formula is C16H21N3O2. The molecule has 0 radical (unpaired) electrons. The minimum Gasteiger partial charge on any atom is -0.373 e. The van der Waals surface area contributed by atoms with Crippen LogP contribution in [0.3, 0.4) is 0 Å². The van der Waals surface area contributed by atoms with Crippen LogP contribution in [0.1, 0.15) is 31.2 Å². The summed E-state index contributed by atoms with van der Waals surface area (Å²) < 4.78 is 0. The van der Waals surface area contributed by atoms with E-state index in [1.54, 1.807) is 0 Å². The van der Waals surface area contributed by atoms with E-state index < -0.39 is 0 Å². The number of hydrogen-bond acceptors (Lipinski definition) is 3. The summed E-state index contributed by atoms with van der Waals surface area (Å²) >= 11 is 0. The average Bonchev–Trinajstić information content (AvgIpc) is 3.30. The molecule has 1 aromatic carbocycles. The normalized spacial score (nSPS) is 20.1. The van der Waals surface area contributed by atoms with Gasteiger partial charge in [0.15, 0.2) is 0 Å². The van der Waals surface area contributed by atoms with Gasteiger partial charge in [0.25, 0.3) is 0 Å². The summed E-state index contributed by atoms with van der Waals surface area (Å²) in [6.45, 7) is 0.400. The van der Waals surface area contributed by atoms with Gasteiger partial charge in [-0.05, 0) is 37.3 Å². The van der Waals surface area contributed by atoms with Crippen LogP contribution in [0, 0.1) is 0 Å². The molecule has 3 rings (SSSR count). The van der Waals surface area contributed by atoms with Crippen molar-refractivity contribution in [3.05, 3.63) is 29.8 Å². The van der Waals surface area contributed by atoms with E-state index in [2.05, 4.69) is 22.0 Å². The number of nitrogens with one attached hydrogen (secondary N) is 3. The molecule has 5 nitrogen and oxygen atoms in total. The van der Waals surface area contributed by atoms with Crippen LogP contribution < -0.4 is 16.0 Å². The van der Waals surface area contributed by atoms with Crippen molar-refractivity contribution in [2.75, 3.05) is 11.9 Å². The van der Waals surface area contributed by atoms with Gasteiger partial charge in [-0.15, -0.1) is 0 Å². The molecule has 2 amide bonds. The highest BCUT2D eigenvalue weighted by Gasteiger charge is 2.24. The quantitative estimate of drug-likeness (QED) is 0.762. The van der Waals surface area contributed by atoms with Crippen molar-refractivity contribution in [3.63, 3.8) is 0 Å². The minimum atomic E-state index is -0.202. The summed E-state index contributed by atoms with van der Waals surface area (Å²) in [6.07, 6.45) is 4.22. The lowest BCUT2D eigenvalue weighted by atomic mass is 9.98. The number of rotatable bonds is 5. The summed E-state index contributed by atoms with van der Waals surface area (Å²) in [7, 11) is 0. The molecule has 0 bridgehead atoms. The topological polar surface area (TPSA) is 70.2 Å². The monoisotopic (exact) mass is 287 g/mol. The molecule has 112 valence electrons. The molecule has 1 aliphatic heterocycles. The number of carbonyl (C=O) groups is 2. The second kappa shape index (κ2) is 6.16. The zero-order chi connectivity index (χ0) is 14.7. The Bertz CT molecular complexity index is 540. The van der Waals surface area contributed by atoms with Crippen molar-refractivity contribution in [3.8, 4) is 0 Å². The van der Waals surface area contributed by atoms with Gasteiger partial charge in [-0.2, -0.15) is 0 Å². The maximum absolute atomic E-state index is 12.1. The standard InChI is InChI=1S/C16H21N3O2/c20-15(18-12-6-7-12)9-10-17-16(21)14-8-5-11-3-1-2-4-13(11)19-14/h1-4,12,14,19H,5-10H2,(H,17,21)(H,18,20). The van der Waals surface area contributed by atoms with Crippen molar-refractivity contribution in [1.29, 1.82) is 0 Å². The minimum absolute atomic E-state index is 0.0243. The molecule has 0 aromatic heterocycles. The highest BCUT2D eigenvalue weighted by molar-refractivity contribution is 5.86. The van der Waals surface area contributed by atoms with Gasteiger partial charge < -0.3 is 16.0 Å². The molecule has 0 spiro atoms. The van der Waals surface area contributed by atoms with Crippen LogP contribution in [-0.2, 0) is 16.0 Å². The highest BCUT2D eigenvalue weighted by Crippen LogP contribution is 2.24. The molecule has 1 atom stereocenters. The number of carbonyl (C=O) groups excluding carboxylic acids is 2. The first-order valence-corrected chi connectivity index (χ1v) is 7.64. The van der Waals surface area contributed by atoms with Gasteiger partial charge in [-0.3, -0.25) is 9.59 Å². The fourth-order valence-corrected chi connectivity index (χ4v) is 2.59. The zero-order valence-corrected chi connectivity index (χ0v) is 12.0. The zero-order valence-electron chi connectivity index (χ0n) is 12.0. The molecule has 1 unspecified atom stereocenters. The predicted octanol–water partition coefficient (Wildman–Crippen LogP) is 1.20. The molecule has 1 aromatic rings. The van der Waals surface area contributed by atoms with Crippen LogP contribution in [0.4, 0.5) is 5.69 Å². The Hall–Kier alpha value is -2.04. The number of aryl methyl sites for hydroxylation is 1. The first-order valence-electron chi connectivity index (χ1n) is 7.64. The predicted molar refractivity (Wildman–Crippen MR) is 81.0 cm³/mol. The summed E-state index contributed by atoms with van der Waals surface area (Å²) in [5.41, 5.74) is 2.29. The SMILES string of the molecule is O=C(CCNC(=O)C1CCc2ccccc2N1)NC1CC1. The molecule has 5 heteroatoms. The van der Waals surface area contributed by atoms with E-state index in [-0.39, 0.29) is 17.9 Å². The van der Waals surface area contributed by atoms with Crippen LogP contribution in [0.2, 0.25) is 0 Å². The summed E-state index contributed by atoms with van der Waals surface area (Å²) in [5, 5.41) is 9.02. The third-order valence-corrected chi connectivity index (χ3v) is 3.96. The number of benzene rings is 1. The fraction of sp³-hybridized carbons (Fsp3) is 0.500. The first-order chi connectivity index (χ1) is 10.2. The van der Waals surface area contributed by atoms with Gasteiger partial charge >= 0.3 is 0 Å². The first kappa shape index (κ1) is 13.9. The fourth-order valence-electron chi connectivity index (χ4n) is 2.59. The lowest BCUT2D eigenvalue weighted by molar-refractivity contribution is -0.123. The molecular weight excluding hydrogens is 266 g/mol. The number of fused-ring (bicyclic) bond motifs is 1. The number of anilines is 1. The largest absolute Gasteiger partial charge is 0.373 e. The van der Waals surface area contributed by atoms with E-state index >= 15 is 0 Å². The van der Waals surface area contributed by atoms with Crippen molar-refractivity contribution < 1.29 is 9.59 Å². The third kappa shape index (κ3) is 3.74. The molecule has 1 fully saturated rings. The van der Waals surface area contributed by atoms with Crippen molar-refractivity contribution in [2.24, 2.45) is 0 Å². The smallest absolute Gasteiger partial charge is 0.242 e. The van der Waals surface area contributed by atoms with Crippen molar-refractivity contribution >= 4 is 17.5 Å². The summed E-state index contributed by atoms with van der Waals surface area (Å²) in [5.74, 6) is 0.00322. The van der Waals surface area contributed by atoms with Crippen LogP contribution in [0.5, 0.6) is 0 Å². The second-order valence-electron chi connectivity index (χ2n) is 5.78. The molecule has 1 saturated carbocycles. The van der Waals surface area contributed by atoms with Gasteiger partial charge in [0.2, 0.25) is 11.8 Å². The van der Waals surface area contributed by atoms with Gasteiger partial charge in [0, 0.05) is 24.7 Å². The molecule has 2 aliphatic rings. The Morgan fingerprint density at radius 1 is 1.19 bits per heavy atom. The molecule has 3 N–H and O–H groups in total. The van der Waals surface area contributed by atoms with E-state index in [4.69, 9.17) is 0 Å².